The molecule has 20 heavy (non-hydrogen) atoms. The first-order valence-electron chi connectivity index (χ1n) is 7.76. The Hall–Kier alpha value is -1.12. The van der Waals surface area contributed by atoms with Gasteiger partial charge in [-0.3, -0.25) is 0 Å². The molecule has 1 nitrogen and oxygen atoms in total. The van der Waals surface area contributed by atoms with Crippen LogP contribution >= 0.6 is 11.3 Å². The summed E-state index contributed by atoms with van der Waals surface area (Å²) in [6, 6.07) is 13.8. The molecule has 1 aromatic heterocycles. The fourth-order valence-electron chi connectivity index (χ4n) is 3.10. The van der Waals surface area contributed by atoms with Crippen molar-refractivity contribution in [2.45, 2.75) is 38.3 Å². The van der Waals surface area contributed by atoms with Gasteiger partial charge < -0.3 is 5.32 Å². The van der Waals surface area contributed by atoms with Crippen LogP contribution in [0.15, 0.2) is 41.8 Å². The van der Waals surface area contributed by atoms with Crippen molar-refractivity contribution in [3.05, 3.63) is 46.7 Å². The molecule has 104 valence electrons. The predicted molar refractivity (Wildman–Crippen MR) is 85.8 cm³/mol. The molecule has 0 spiro atoms. The van der Waals surface area contributed by atoms with E-state index in [0.29, 0.717) is 0 Å². The number of benzene rings is 1. The smallest absolute Gasteiger partial charge is 0.0302 e. The van der Waals surface area contributed by atoms with Crippen LogP contribution in [0, 0.1) is 11.8 Å². The SMILES string of the molecule is c1ccc(-c2csc(CNC(C3CC3)C3CC3)c2)cc1. The molecule has 2 aromatic rings. The summed E-state index contributed by atoms with van der Waals surface area (Å²) in [5, 5.41) is 6.12. The Morgan fingerprint density at radius 2 is 1.70 bits per heavy atom. The van der Waals surface area contributed by atoms with E-state index in [0.717, 1.165) is 24.4 Å². The Morgan fingerprint density at radius 3 is 2.35 bits per heavy atom. The maximum Gasteiger partial charge on any atom is 0.0302 e. The van der Waals surface area contributed by atoms with Gasteiger partial charge in [0.1, 0.15) is 0 Å². The quantitative estimate of drug-likeness (QED) is 0.810. The van der Waals surface area contributed by atoms with Crippen molar-refractivity contribution < 1.29 is 0 Å². The first-order valence-corrected chi connectivity index (χ1v) is 8.64. The first kappa shape index (κ1) is 12.6. The van der Waals surface area contributed by atoms with Crippen LogP contribution < -0.4 is 5.32 Å². The Balaban J connectivity index is 1.41. The molecule has 2 aliphatic rings. The van der Waals surface area contributed by atoms with E-state index in [2.05, 4.69) is 47.1 Å². The van der Waals surface area contributed by atoms with Gasteiger partial charge in [0.15, 0.2) is 0 Å². The number of thiophene rings is 1. The van der Waals surface area contributed by atoms with E-state index in [4.69, 9.17) is 0 Å². The highest BCUT2D eigenvalue weighted by Crippen LogP contribution is 2.44. The molecular formula is C18H21NS. The third-order valence-corrected chi connectivity index (χ3v) is 5.47. The molecule has 4 rings (SSSR count). The predicted octanol–water partition coefficient (Wildman–Crippen LogP) is 4.69. The summed E-state index contributed by atoms with van der Waals surface area (Å²) in [7, 11) is 0. The molecule has 0 radical (unpaired) electrons. The average Bonchev–Trinajstić information content (AvgIpc) is 3.41. The van der Waals surface area contributed by atoms with Crippen molar-refractivity contribution in [3.63, 3.8) is 0 Å². The van der Waals surface area contributed by atoms with Crippen LogP contribution in [0.1, 0.15) is 30.6 Å². The number of nitrogens with one attached hydrogen (secondary N) is 1. The summed E-state index contributed by atoms with van der Waals surface area (Å²) in [5.74, 6) is 1.96. The van der Waals surface area contributed by atoms with Gasteiger partial charge in [-0.15, -0.1) is 11.3 Å². The summed E-state index contributed by atoms with van der Waals surface area (Å²) in [6.07, 6.45) is 5.81. The maximum absolute atomic E-state index is 3.84. The van der Waals surface area contributed by atoms with Gasteiger partial charge >= 0.3 is 0 Å². The Labute approximate surface area is 125 Å². The number of rotatable bonds is 6. The van der Waals surface area contributed by atoms with Gasteiger partial charge in [0, 0.05) is 17.5 Å². The lowest BCUT2D eigenvalue weighted by Crippen LogP contribution is -2.32. The van der Waals surface area contributed by atoms with Gasteiger partial charge in [-0.05, 0) is 60.1 Å². The summed E-state index contributed by atoms with van der Waals surface area (Å²) in [6.45, 7) is 1.05. The minimum atomic E-state index is 0.803. The van der Waals surface area contributed by atoms with Crippen LogP contribution in [0.3, 0.4) is 0 Å². The van der Waals surface area contributed by atoms with E-state index in [-0.39, 0.29) is 0 Å². The standard InChI is InChI=1S/C18H21NS/c1-2-4-13(5-3-1)16-10-17(20-12-16)11-19-18(14-6-7-14)15-8-9-15/h1-5,10,12,14-15,18-19H,6-9,11H2. The molecular weight excluding hydrogens is 262 g/mol. The monoisotopic (exact) mass is 283 g/mol. The highest BCUT2D eigenvalue weighted by molar-refractivity contribution is 7.10. The van der Waals surface area contributed by atoms with Crippen molar-refractivity contribution in [2.24, 2.45) is 11.8 Å². The molecule has 0 bridgehead atoms. The average molecular weight is 283 g/mol. The maximum atomic E-state index is 3.84. The first-order chi connectivity index (χ1) is 9.90. The lowest BCUT2D eigenvalue weighted by Gasteiger charge is -2.16. The van der Waals surface area contributed by atoms with Crippen LogP contribution in [0.4, 0.5) is 0 Å². The van der Waals surface area contributed by atoms with Crippen LogP contribution in [-0.2, 0) is 6.54 Å². The van der Waals surface area contributed by atoms with E-state index in [1.807, 2.05) is 11.3 Å². The molecule has 1 heterocycles. The Morgan fingerprint density at radius 1 is 1.00 bits per heavy atom. The van der Waals surface area contributed by atoms with Crippen molar-refractivity contribution in [1.82, 2.24) is 5.32 Å². The zero-order chi connectivity index (χ0) is 13.4. The van der Waals surface area contributed by atoms with Crippen molar-refractivity contribution in [3.8, 4) is 11.1 Å². The molecule has 0 atom stereocenters. The van der Waals surface area contributed by atoms with Gasteiger partial charge in [-0.2, -0.15) is 0 Å². The van der Waals surface area contributed by atoms with Crippen molar-refractivity contribution in [2.75, 3.05) is 0 Å². The summed E-state index contributed by atoms with van der Waals surface area (Å²) >= 11 is 1.89. The highest BCUT2D eigenvalue weighted by atomic mass is 32.1. The van der Waals surface area contributed by atoms with Gasteiger partial charge in [0.05, 0.1) is 0 Å². The largest absolute Gasteiger partial charge is 0.309 e. The van der Waals surface area contributed by atoms with Crippen LogP contribution in [0.2, 0.25) is 0 Å². The molecule has 1 N–H and O–H groups in total. The minimum Gasteiger partial charge on any atom is -0.309 e. The lowest BCUT2D eigenvalue weighted by atomic mass is 10.1. The summed E-state index contributed by atoms with van der Waals surface area (Å²) < 4.78 is 0. The highest BCUT2D eigenvalue weighted by Gasteiger charge is 2.40. The zero-order valence-electron chi connectivity index (χ0n) is 11.7. The molecule has 2 aliphatic carbocycles. The molecule has 0 amide bonds. The van der Waals surface area contributed by atoms with Gasteiger partial charge in [0.2, 0.25) is 0 Å². The van der Waals surface area contributed by atoms with Crippen molar-refractivity contribution in [1.29, 1.82) is 0 Å². The molecule has 1 aromatic carbocycles. The number of hydrogen-bond donors (Lipinski definition) is 1. The van der Waals surface area contributed by atoms with Gasteiger partial charge in [-0.1, -0.05) is 30.3 Å². The van der Waals surface area contributed by atoms with E-state index in [9.17, 15) is 0 Å². The fraction of sp³-hybridized carbons (Fsp3) is 0.444. The third kappa shape index (κ3) is 2.82. The Kier molecular flexibility index (Phi) is 3.37. The van der Waals surface area contributed by atoms with E-state index in [1.54, 1.807) is 0 Å². The second kappa shape index (κ2) is 5.34. The normalized spacial score (nSPS) is 18.6. The number of hydrogen-bond acceptors (Lipinski definition) is 2. The van der Waals surface area contributed by atoms with E-state index < -0.39 is 0 Å². The zero-order valence-corrected chi connectivity index (χ0v) is 12.5. The second-order valence-corrected chi connectivity index (χ2v) is 7.25. The molecule has 0 unspecified atom stereocenters. The van der Waals surface area contributed by atoms with Gasteiger partial charge in [-0.25, -0.2) is 0 Å². The Bertz CT molecular complexity index is 554. The second-order valence-electron chi connectivity index (χ2n) is 6.25. The van der Waals surface area contributed by atoms with Crippen molar-refractivity contribution >= 4 is 11.3 Å². The molecule has 0 aliphatic heterocycles. The van der Waals surface area contributed by atoms with Gasteiger partial charge in [0.25, 0.3) is 0 Å². The van der Waals surface area contributed by atoms with Crippen LogP contribution in [0.25, 0.3) is 11.1 Å². The minimum absolute atomic E-state index is 0.803. The lowest BCUT2D eigenvalue weighted by molar-refractivity contribution is 0.417. The third-order valence-electron chi connectivity index (χ3n) is 4.53. The fourth-order valence-corrected chi connectivity index (χ4v) is 3.95. The molecule has 0 saturated heterocycles. The summed E-state index contributed by atoms with van der Waals surface area (Å²) in [5.41, 5.74) is 2.69. The van der Waals surface area contributed by atoms with Crippen LogP contribution in [0.5, 0.6) is 0 Å². The van der Waals surface area contributed by atoms with Crippen LogP contribution in [-0.4, -0.2) is 6.04 Å². The van der Waals surface area contributed by atoms with E-state index >= 15 is 0 Å². The molecule has 2 saturated carbocycles. The molecule has 2 heteroatoms. The topological polar surface area (TPSA) is 12.0 Å². The van der Waals surface area contributed by atoms with E-state index in [1.165, 1.54) is 41.7 Å². The molecule has 2 fully saturated rings. The summed E-state index contributed by atoms with van der Waals surface area (Å²) in [4.78, 5) is 1.47.